The molecule has 0 N–H and O–H groups in total. The van der Waals surface area contributed by atoms with Crippen LogP contribution >= 0.6 is 23.2 Å². The average Bonchev–Trinajstić information content (AvgIpc) is 2.80. The SMILES string of the molecule is Cc1ccc(-n2c(CCCl)nc3ccccc32)cc1Cl. The van der Waals surface area contributed by atoms with Crippen molar-refractivity contribution in [1.29, 1.82) is 0 Å². The molecule has 0 unspecified atom stereocenters. The maximum absolute atomic E-state index is 6.25. The summed E-state index contributed by atoms with van der Waals surface area (Å²) in [7, 11) is 0. The van der Waals surface area contributed by atoms with Crippen LogP contribution in [0.3, 0.4) is 0 Å². The van der Waals surface area contributed by atoms with E-state index >= 15 is 0 Å². The van der Waals surface area contributed by atoms with Crippen LogP contribution in [-0.4, -0.2) is 15.4 Å². The van der Waals surface area contributed by atoms with Gasteiger partial charge in [0, 0.05) is 23.0 Å². The van der Waals surface area contributed by atoms with E-state index in [4.69, 9.17) is 23.2 Å². The number of imidazole rings is 1. The van der Waals surface area contributed by atoms with Gasteiger partial charge in [-0.1, -0.05) is 29.8 Å². The normalized spacial score (nSPS) is 11.2. The van der Waals surface area contributed by atoms with Crippen molar-refractivity contribution in [1.82, 2.24) is 9.55 Å². The summed E-state index contributed by atoms with van der Waals surface area (Å²) < 4.78 is 2.13. The van der Waals surface area contributed by atoms with Gasteiger partial charge in [-0.3, -0.25) is 4.57 Å². The zero-order valence-corrected chi connectivity index (χ0v) is 12.6. The van der Waals surface area contributed by atoms with Crippen molar-refractivity contribution in [2.24, 2.45) is 0 Å². The van der Waals surface area contributed by atoms with Crippen molar-refractivity contribution >= 4 is 34.2 Å². The number of benzene rings is 2. The summed E-state index contributed by atoms with van der Waals surface area (Å²) in [5, 5.41) is 0.761. The molecule has 3 rings (SSSR count). The van der Waals surface area contributed by atoms with Gasteiger partial charge in [-0.15, -0.1) is 11.6 Å². The molecule has 1 heterocycles. The average molecular weight is 305 g/mol. The van der Waals surface area contributed by atoms with Crippen molar-refractivity contribution < 1.29 is 0 Å². The van der Waals surface area contributed by atoms with Crippen LogP contribution < -0.4 is 0 Å². The zero-order chi connectivity index (χ0) is 14.1. The quantitative estimate of drug-likeness (QED) is 0.637. The van der Waals surface area contributed by atoms with Crippen LogP contribution in [0.2, 0.25) is 5.02 Å². The van der Waals surface area contributed by atoms with Gasteiger partial charge in [0.2, 0.25) is 0 Å². The number of hydrogen-bond donors (Lipinski definition) is 0. The highest BCUT2D eigenvalue weighted by molar-refractivity contribution is 6.31. The molecule has 0 saturated carbocycles. The Bertz CT molecular complexity index is 762. The molecule has 0 bridgehead atoms. The van der Waals surface area contributed by atoms with Crippen molar-refractivity contribution in [3.8, 4) is 5.69 Å². The monoisotopic (exact) mass is 304 g/mol. The van der Waals surface area contributed by atoms with Gasteiger partial charge < -0.3 is 0 Å². The second-order valence-electron chi connectivity index (χ2n) is 4.72. The van der Waals surface area contributed by atoms with E-state index in [1.54, 1.807) is 0 Å². The van der Waals surface area contributed by atoms with E-state index in [-0.39, 0.29) is 0 Å². The highest BCUT2D eigenvalue weighted by atomic mass is 35.5. The summed E-state index contributed by atoms with van der Waals surface area (Å²) in [6.07, 6.45) is 0.724. The minimum Gasteiger partial charge on any atom is -0.296 e. The molecule has 3 aromatic rings. The van der Waals surface area contributed by atoms with Gasteiger partial charge in [-0.05, 0) is 36.8 Å². The Hall–Kier alpha value is -1.51. The minimum absolute atomic E-state index is 0.545. The Morgan fingerprint density at radius 1 is 1.15 bits per heavy atom. The predicted octanol–water partition coefficient (Wildman–Crippen LogP) is 4.77. The lowest BCUT2D eigenvalue weighted by Gasteiger charge is -2.10. The van der Waals surface area contributed by atoms with E-state index in [9.17, 15) is 0 Å². The van der Waals surface area contributed by atoms with Crippen LogP contribution in [0.5, 0.6) is 0 Å². The number of alkyl halides is 1. The van der Waals surface area contributed by atoms with E-state index in [1.165, 1.54) is 0 Å². The molecule has 0 atom stereocenters. The van der Waals surface area contributed by atoms with E-state index in [0.717, 1.165) is 39.6 Å². The number of rotatable bonds is 3. The van der Waals surface area contributed by atoms with E-state index in [2.05, 4.69) is 21.7 Å². The summed E-state index contributed by atoms with van der Waals surface area (Å²) in [6.45, 7) is 2.00. The van der Waals surface area contributed by atoms with Gasteiger partial charge >= 0.3 is 0 Å². The van der Waals surface area contributed by atoms with Crippen LogP contribution in [0.15, 0.2) is 42.5 Å². The third kappa shape index (κ3) is 2.30. The van der Waals surface area contributed by atoms with Crippen LogP contribution in [0.4, 0.5) is 0 Å². The minimum atomic E-state index is 0.545. The number of aromatic nitrogens is 2. The molecule has 0 aliphatic heterocycles. The first-order valence-electron chi connectivity index (χ1n) is 6.49. The molecule has 0 aliphatic carbocycles. The molecular weight excluding hydrogens is 291 g/mol. The number of aryl methyl sites for hydroxylation is 2. The molecule has 2 nitrogen and oxygen atoms in total. The first kappa shape index (κ1) is 13.5. The highest BCUT2D eigenvalue weighted by Gasteiger charge is 2.12. The van der Waals surface area contributed by atoms with Crippen LogP contribution in [0.1, 0.15) is 11.4 Å². The van der Waals surface area contributed by atoms with Gasteiger partial charge in [0.15, 0.2) is 0 Å². The fourth-order valence-corrected chi connectivity index (χ4v) is 2.68. The van der Waals surface area contributed by atoms with Gasteiger partial charge in [0.1, 0.15) is 5.82 Å². The van der Waals surface area contributed by atoms with E-state index in [0.29, 0.717) is 5.88 Å². The first-order valence-corrected chi connectivity index (χ1v) is 7.41. The lowest BCUT2D eigenvalue weighted by atomic mass is 10.2. The fourth-order valence-electron chi connectivity index (χ4n) is 2.34. The van der Waals surface area contributed by atoms with Crippen molar-refractivity contribution in [2.75, 3.05) is 5.88 Å². The molecule has 0 aliphatic rings. The van der Waals surface area contributed by atoms with Gasteiger partial charge in [0.25, 0.3) is 0 Å². The van der Waals surface area contributed by atoms with Crippen molar-refractivity contribution in [3.63, 3.8) is 0 Å². The lowest BCUT2D eigenvalue weighted by Crippen LogP contribution is -2.02. The Labute approximate surface area is 128 Å². The summed E-state index contributed by atoms with van der Waals surface area (Å²) in [4.78, 5) is 4.67. The standard InChI is InChI=1S/C16H14Cl2N2/c1-11-6-7-12(10-13(11)18)20-15-5-3-2-4-14(15)19-16(20)8-9-17/h2-7,10H,8-9H2,1H3. The molecule has 0 spiro atoms. The number of halogens is 2. The molecule has 1 aromatic heterocycles. The second kappa shape index (κ2) is 5.47. The first-order chi connectivity index (χ1) is 9.70. The number of hydrogen-bond acceptors (Lipinski definition) is 1. The molecule has 102 valence electrons. The molecule has 0 radical (unpaired) electrons. The number of nitrogens with zero attached hydrogens (tertiary/aromatic N) is 2. The maximum Gasteiger partial charge on any atom is 0.115 e. The molecule has 0 amide bonds. The third-order valence-electron chi connectivity index (χ3n) is 3.36. The van der Waals surface area contributed by atoms with Crippen LogP contribution in [0.25, 0.3) is 16.7 Å². The predicted molar refractivity (Wildman–Crippen MR) is 85.2 cm³/mol. The third-order valence-corrected chi connectivity index (χ3v) is 3.96. The van der Waals surface area contributed by atoms with Crippen molar-refractivity contribution in [3.05, 3.63) is 58.9 Å². The van der Waals surface area contributed by atoms with Crippen LogP contribution in [-0.2, 0) is 6.42 Å². The molecule has 0 fully saturated rings. The second-order valence-corrected chi connectivity index (χ2v) is 5.51. The van der Waals surface area contributed by atoms with Crippen LogP contribution in [0, 0.1) is 6.92 Å². The topological polar surface area (TPSA) is 17.8 Å². The summed E-state index contributed by atoms with van der Waals surface area (Å²) in [6, 6.07) is 14.1. The Morgan fingerprint density at radius 2 is 1.95 bits per heavy atom. The molecule has 4 heteroatoms. The Morgan fingerprint density at radius 3 is 2.70 bits per heavy atom. The Kier molecular flexibility index (Phi) is 3.68. The number of para-hydroxylation sites is 2. The van der Waals surface area contributed by atoms with Gasteiger partial charge in [-0.25, -0.2) is 4.98 Å². The lowest BCUT2D eigenvalue weighted by molar-refractivity contribution is 0.912. The van der Waals surface area contributed by atoms with E-state index < -0.39 is 0 Å². The maximum atomic E-state index is 6.25. The van der Waals surface area contributed by atoms with Gasteiger partial charge in [0.05, 0.1) is 11.0 Å². The zero-order valence-electron chi connectivity index (χ0n) is 11.1. The highest BCUT2D eigenvalue weighted by Crippen LogP contribution is 2.25. The number of fused-ring (bicyclic) bond motifs is 1. The molecule has 0 saturated heterocycles. The Balaban J connectivity index is 2.26. The van der Waals surface area contributed by atoms with Crippen molar-refractivity contribution in [2.45, 2.75) is 13.3 Å². The molecule has 2 aromatic carbocycles. The van der Waals surface area contributed by atoms with E-state index in [1.807, 2.05) is 37.3 Å². The smallest absolute Gasteiger partial charge is 0.115 e. The molecule has 20 heavy (non-hydrogen) atoms. The molecular formula is C16H14Cl2N2. The summed E-state index contributed by atoms with van der Waals surface area (Å²) in [5.74, 6) is 1.50. The summed E-state index contributed by atoms with van der Waals surface area (Å²) in [5.41, 5.74) is 4.14. The fraction of sp³-hybridized carbons (Fsp3) is 0.188. The largest absolute Gasteiger partial charge is 0.296 e. The van der Waals surface area contributed by atoms with Gasteiger partial charge in [-0.2, -0.15) is 0 Å². The summed E-state index contributed by atoms with van der Waals surface area (Å²) >= 11 is 12.2.